The molecule has 92 valence electrons. The van der Waals surface area contributed by atoms with Crippen molar-refractivity contribution in [3.8, 4) is 0 Å². The van der Waals surface area contributed by atoms with Crippen LogP contribution in [-0.2, 0) is 0 Å². The molecule has 3 rings (SSSR count). The summed E-state index contributed by atoms with van der Waals surface area (Å²) in [4.78, 5) is 16.3. The van der Waals surface area contributed by atoms with E-state index < -0.39 is 0 Å². The van der Waals surface area contributed by atoms with Gasteiger partial charge in [-0.1, -0.05) is 16.6 Å². The zero-order chi connectivity index (χ0) is 12.5. The van der Waals surface area contributed by atoms with E-state index in [9.17, 15) is 4.79 Å². The lowest BCUT2D eigenvalue weighted by molar-refractivity contribution is 0.0982. The molecular weight excluding hydrogens is 248 g/mol. The van der Waals surface area contributed by atoms with E-state index in [4.69, 9.17) is 0 Å². The van der Waals surface area contributed by atoms with Crippen molar-refractivity contribution in [3.63, 3.8) is 0 Å². The molecule has 0 radical (unpaired) electrons. The van der Waals surface area contributed by atoms with Crippen LogP contribution in [-0.4, -0.2) is 35.6 Å². The lowest BCUT2D eigenvalue weighted by Crippen LogP contribution is -2.42. The van der Waals surface area contributed by atoms with Crippen LogP contribution in [0.4, 0.5) is 11.4 Å². The Morgan fingerprint density at radius 1 is 1.28 bits per heavy atom. The third kappa shape index (κ3) is 1.74. The zero-order valence-electron chi connectivity index (χ0n) is 9.91. The molecule has 2 heterocycles. The van der Waals surface area contributed by atoms with Crippen molar-refractivity contribution < 1.29 is 4.79 Å². The summed E-state index contributed by atoms with van der Waals surface area (Å²) < 4.78 is 3.74. The number of benzene rings is 1. The third-order valence-corrected chi connectivity index (χ3v) is 3.57. The Kier molecular flexibility index (Phi) is 2.71. The average Bonchev–Trinajstić information content (AvgIpc) is 2.93. The van der Waals surface area contributed by atoms with Gasteiger partial charge in [-0.2, -0.15) is 0 Å². The van der Waals surface area contributed by atoms with Gasteiger partial charge in [-0.25, -0.2) is 0 Å². The van der Waals surface area contributed by atoms with Gasteiger partial charge in [-0.3, -0.25) is 4.79 Å². The lowest BCUT2D eigenvalue weighted by atomic mass is 10.1. The molecule has 1 aromatic carbocycles. The predicted molar refractivity (Wildman–Crippen MR) is 71.3 cm³/mol. The van der Waals surface area contributed by atoms with Crippen LogP contribution in [0.5, 0.6) is 0 Å². The molecule has 0 fully saturated rings. The Morgan fingerprint density at radius 2 is 2.06 bits per heavy atom. The van der Waals surface area contributed by atoms with E-state index in [0.717, 1.165) is 17.9 Å². The molecule has 18 heavy (non-hydrogen) atoms. The Morgan fingerprint density at radius 3 is 2.78 bits per heavy atom. The topological polar surface area (TPSA) is 49.3 Å². The number of likely N-dealkylation sites (N-methyl/N-ethyl adjacent to an activating group) is 1. The number of amides is 1. The van der Waals surface area contributed by atoms with Gasteiger partial charge in [0.15, 0.2) is 5.69 Å². The molecule has 1 aliphatic rings. The maximum atomic E-state index is 12.3. The highest BCUT2D eigenvalue weighted by Gasteiger charge is 2.26. The first-order valence-corrected chi connectivity index (χ1v) is 6.50. The van der Waals surface area contributed by atoms with Crippen LogP contribution in [0.2, 0.25) is 0 Å². The van der Waals surface area contributed by atoms with Crippen LogP contribution < -0.4 is 9.80 Å². The van der Waals surface area contributed by atoms with Crippen molar-refractivity contribution in [1.29, 1.82) is 0 Å². The molecule has 0 spiro atoms. The van der Waals surface area contributed by atoms with E-state index in [1.807, 2.05) is 31.3 Å². The first-order chi connectivity index (χ1) is 8.77. The number of anilines is 2. The minimum Gasteiger partial charge on any atom is -0.371 e. The van der Waals surface area contributed by atoms with Gasteiger partial charge in [-0.05, 0) is 23.7 Å². The third-order valence-electron chi connectivity index (χ3n) is 3.07. The van der Waals surface area contributed by atoms with E-state index in [-0.39, 0.29) is 5.91 Å². The number of hydrogen-bond donors (Lipinski definition) is 0. The zero-order valence-corrected chi connectivity index (χ0v) is 10.7. The van der Waals surface area contributed by atoms with Crippen LogP contribution in [0.1, 0.15) is 10.5 Å². The highest BCUT2D eigenvalue weighted by Crippen LogP contribution is 2.32. The first kappa shape index (κ1) is 11.2. The fourth-order valence-corrected chi connectivity index (χ4v) is 2.54. The molecule has 1 aromatic heterocycles. The second-order valence-corrected chi connectivity index (χ2v) is 4.77. The minimum absolute atomic E-state index is 0.0794. The Labute approximate surface area is 109 Å². The van der Waals surface area contributed by atoms with Gasteiger partial charge in [0.2, 0.25) is 0 Å². The average molecular weight is 260 g/mol. The number of carbonyl (C=O) groups excluding carboxylic acids is 1. The van der Waals surface area contributed by atoms with Crippen molar-refractivity contribution in [1.82, 2.24) is 9.59 Å². The van der Waals surface area contributed by atoms with Gasteiger partial charge in [0, 0.05) is 25.5 Å². The van der Waals surface area contributed by atoms with Gasteiger partial charge in [-0.15, -0.1) is 5.10 Å². The van der Waals surface area contributed by atoms with Crippen molar-refractivity contribution in [3.05, 3.63) is 35.3 Å². The van der Waals surface area contributed by atoms with Crippen LogP contribution in [0.25, 0.3) is 0 Å². The van der Waals surface area contributed by atoms with E-state index in [2.05, 4.69) is 14.5 Å². The first-order valence-electron chi connectivity index (χ1n) is 5.66. The van der Waals surface area contributed by atoms with Crippen molar-refractivity contribution in [2.24, 2.45) is 0 Å². The Balaban J connectivity index is 2.00. The van der Waals surface area contributed by atoms with Crippen LogP contribution in [0.3, 0.4) is 0 Å². The molecule has 0 bridgehead atoms. The van der Waals surface area contributed by atoms with E-state index in [0.29, 0.717) is 12.2 Å². The van der Waals surface area contributed by atoms with Crippen LogP contribution >= 0.6 is 11.5 Å². The van der Waals surface area contributed by atoms with Crippen molar-refractivity contribution in [2.45, 2.75) is 0 Å². The summed E-state index contributed by atoms with van der Waals surface area (Å²) in [7, 11) is 2.03. The van der Waals surface area contributed by atoms with E-state index in [1.165, 1.54) is 11.5 Å². The molecule has 0 unspecified atom stereocenters. The van der Waals surface area contributed by atoms with Gasteiger partial charge in [0.1, 0.15) is 0 Å². The molecule has 0 aliphatic carbocycles. The summed E-state index contributed by atoms with van der Waals surface area (Å²) in [5.74, 6) is -0.0794. The molecule has 0 saturated heterocycles. The van der Waals surface area contributed by atoms with Crippen LogP contribution in [0.15, 0.2) is 29.6 Å². The summed E-state index contributed by atoms with van der Waals surface area (Å²) in [6.45, 7) is 1.49. The number of hydrogen-bond acceptors (Lipinski definition) is 5. The van der Waals surface area contributed by atoms with Crippen LogP contribution in [0, 0.1) is 0 Å². The SMILES string of the molecule is CN1CCN(C(=O)c2csnn2)c2ccccc21. The minimum atomic E-state index is -0.0794. The molecule has 0 saturated carbocycles. The number of rotatable bonds is 1. The fourth-order valence-electron chi connectivity index (χ4n) is 2.11. The quantitative estimate of drug-likeness (QED) is 0.782. The summed E-state index contributed by atoms with van der Waals surface area (Å²) in [5.41, 5.74) is 2.42. The van der Waals surface area contributed by atoms with E-state index >= 15 is 0 Å². The maximum absolute atomic E-state index is 12.3. The van der Waals surface area contributed by atoms with E-state index in [1.54, 1.807) is 10.3 Å². The normalized spacial score (nSPS) is 14.5. The fraction of sp³-hybridized carbons (Fsp3) is 0.250. The molecule has 1 amide bonds. The second-order valence-electron chi connectivity index (χ2n) is 4.16. The number of carbonyl (C=O) groups is 1. The smallest absolute Gasteiger partial charge is 0.279 e. The number of fused-ring (bicyclic) bond motifs is 1. The monoisotopic (exact) mass is 260 g/mol. The number of nitrogens with zero attached hydrogens (tertiary/aromatic N) is 4. The maximum Gasteiger partial charge on any atom is 0.279 e. The number of aromatic nitrogens is 2. The standard InChI is InChI=1S/C12H12N4OS/c1-15-6-7-16(11-5-3-2-4-10(11)15)12(17)9-8-18-14-13-9/h2-5,8H,6-7H2,1H3. The Hall–Kier alpha value is -1.95. The Bertz CT molecular complexity index is 569. The summed E-state index contributed by atoms with van der Waals surface area (Å²) in [6.07, 6.45) is 0. The molecule has 6 heteroatoms. The van der Waals surface area contributed by atoms with Gasteiger partial charge < -0.3 is 9.80 Å². The summed E-state index contributed by atoms with van der Waals surface area (Å²) in [6, 6.07) is 7.90. The highest BCUT2D eigenvalue weighted by atomic mass is 32.1. The predicted octanol–water partition coefficient (Wildman–Crippen LogP) is 1.63. The molecule has 0 N–H and O–H groups in total. The van der Waals surface area contributed by atoms with Gasteiger partial charge >= 0.3 is 0 Å². The number of para-hydroxylation sites is 2. The van der Waals surface area contributed by atoms with Crippen molar-refractivity contribution >= 4 is 28.8 Å². The lowest BCUT2D eigenvalue weighted by Gasteiger charge is -2.35. The molecule has 1 aliphatic heterocycles. The van der Waals surface area contributed by atoms with Gasteiger partial charge in [0.25, 0.3) is 5.91 Å². The molecule has 0 atom stereocenters. The van der Waals surface area contributed by atoms with Gasteiger partial charge in [0.05, 0.1) is 11.4 Å². The second kappa shape index (κ2) is 4.38. The molecule has 5 nitrogen and oxygen atoms in total. The summed E-state index contributed by atoms with van der Waals surface area (Å²) in [5, 5.41) is 5.53. The summed E-state index contributed by atoms with van der Waals surface area (Å²) >= 11 is 1.19. The molecule has 2 aromatic rings. The molecular formula is C12H12N4OS. The van der Waals surface area contributed by atoms with Crippen molar-refractivity contribution in [2.75, 3.05) is 29.9 Å². The largest absolute Gasteiger partial charge is 0.371 e. The highest BCUT2D eigenvalue weighted by molar-refractivity contribution is 7.03.